The van der Waals surface area contributed by atoms with E-state index in [-0.39, 0.29) is 18.1 Å². The molecule has 1 N–H and O–H groups in total. The van der Waals surface area contributed by atoms with Gasteiger partial charge >= 0.3 is 5.97 Å². The number of rotatable bonds is 9. The average Bonchev–Trinajstić information content (AvgIpc) is 3.34. The van der Waals surface area contributed by atoms with Gasteiger partial charge in [0.1, 0.15) is 11.5 Å². The monoisotopic (exact) mass is 424 g/mol. The van der Waals surface area contributed by atoms with E-state index in [1.54, 1.807) is 55.6 Å². The van der Waals surface area contributed by atoms with Gasteiger partial charge in [0.05, 0.1) is 26.7 Å². The fraction of sp³-hybridized carbons (Fsp3) is 0.136. The maximum Gasteiger partial charge on any atom is 0.379 e. The molecule has 3 aromatic rings. The fourth-order valence-corrected chi connectivity index (χ4v) is 2.43. The van der Waals surface area contributed by atoms with Crippen LogP contribution in [-0.2, 0) is 4.79 Å². The lowest BCUT2D eigenvalue weighted by molar-refractivity contribution is -0.123. The largest absolute Gasteiger partial charge is 0.497 e. The van der Waals surface area contributed by atoms with Crippen molar-refractivity contribution in [2.24, 2.45) is 5.10 Å². The van der Waals surface area contributed by atoms with Crippen molar-refractivity contribution in [2.45, 2.75) is 0 Å². The van der Waals surface area contributed by atoms with Crippen LogP contribution in [0.15, 0.2) is 70.4 Å². The van der Waals surface area contributed by atoms with Gasteiger partial charge in [-0.3, -0.25) is 4.79 Å². The molecule has 1 heterocycles. The summed E-state index contributed by atoms with van der Waals surface area (Å²) in [5.41, 5.74) is 2.99. The minimum absolute atomic E-state index is 0.0762. The lowest BCUT2D eigenvalue weighted by Gasteiger charge is -2.09. The molecule has 0 atom stereocenters. The Hall–Kier alpha value is -4.27. The van der Waals surface area contributed by atoms with Crippen LogP contribution in [-0.4, -0.2) is 38.9 Å². The van der Waals surface area contributed by atoms with E-state index in [1.807, 2.05) is 0 Å². The Balaban J connectivity index is 1.52. The maximum absolute atomic E-state index is 12.0. The summed E-state index contributed by atoms with van der Waals surface area (Å²) in [5, 5.41) is 3.89. The van der Waals surface area contributed by atoms with E-state index in [9.17, 15) is 9.59 Å². The first kappa shape index (κ1) is 21.4. The highest BCUT2D eigenvalue weighted by atomic mass is 16.6. The Labute approximate surface area is 178 Å². The van der Waals surface area contributed by atoms with Crippen molar-refractivity contribution in [3.05, 3.63) is 72.2 Å². The highest BCUT2D eigenvalue weighted by Crippen LogP contribution is 2.28. The van der Waals surface area contributed by atoms with Gasteiger partial charge in [0, 0.05) is 0 Å². The van der Waals surface area contributed by atoms with Crippen molar-refractivity contribution in [1.29, 1.82) is 0 Å². The molecule has 0 fully saturated rings. The number of hydrogen-bond donors (Lipinski definition) is 1. The average molecular weight is 424 g/mol. The summed E-state index contributed by atoms with van der Waals surface area (Å²) < 4.78 is 26.0. The molecule has 0 saturated carbocycles. The molecule has 2 aromatic carbocycles. The molecular weight excluding hydrogens is 404 g/mol. The second kappa shape index (κ2) is 10.5. The molecular formula is C22H20N2O7. The van der Waals surface area contributed by atoms with Gasteiger partial charge in [-0.05, 0) is 60.2 Å². The number of nitrogens with one attached hydrogen (secondary N) is 1. The molecule has 9 heteroatoms. The zero-order valence-corrected chi connectivity index (χ0v) is 16.9. The zero-order valence-electron chi connectivity index (χ0n) is 16.9. The molecule has 0 saturated heterocycles. The Kier molecular flexibility index (Phi) is 7.26. The van der Waals surface area contributed by atoms with Gasteiger partial charge in [-0.15, -0.1) is 0 Å². The van der Waals surface area contributed by atoms with Gasteiger partial charge in [0.25, 0.3) is 5.91 Å². The molecule has 0 aliphatic heterocycles. The van der Waals surface area contributed by atoms with E-state index in [0.717, 1.165) is 0 Å². The van der Waals surface area contributed by atoms with Crippen LogP contribution in [0.2, 0.25) is 0 Å². The number of carbonyl (C=O) groups is 2. The number of furan rings is 1. The molecule has 160 valence electrons. The van der Waals surface area contributed by atoms with E-state index in [4.69, 9.17) is 23.4 Å². The smallest absolute Gasteiger partial charge is 0.379 e. The van der Waals surface area contributed by atoms with Crippen molar-refractivity contribution < 1.29 is 33.0 Å². The summed E-state index contributed by atoms with van der Waals surface area (Å²) in [4.78, 5) is 23.9. The van der Waals surface area contributed by atoms with Crippen LogP contribution in [0.3, 0.4) is 0 Å². The Morgan fingerprint density at radius 2 is 1.77 bits per heavy atom. The summed E-state index contributed by atoms with van der Waals surface area (Å²) in [5.74, 6) is 0.767. The molecule has 3 rings (SSSR count). The van der Waals surface area contributed by atoms with Gasteiger partial charge in [0.2, 0.25) is 5.76 Å². The predicted molar refractivity (Wildman–Crippen MR) is 111 cm³/mol. The fourth-order valence-electron chi connectivity index (χ4n) is 2.43. The van der Waals surface area contributed by atoms with E-state index in [2.05, 4.69) is 10.5 Å². The van der Waals surface area contributed by atoms with E-state index < -0.39 is 11.9 Å². The van der Waals surface area contributed by atoms with Crippen LogP contribution in [0.1, 0.15) is 16.1 Å². The second-order valence-corrected chi connectivity index (χ2v) is 6.03. The van der Waals surface area contributed by atoms with Gasteiger partial charge in [-0.2, -0.15) is 5.10 Å². The number of hydrazone groups is 1. The van der Waals surface area contributed by atoms with Crippen LogP contribution >= 0.6 is 0 Å². The van der Waals surface area contributed by atoms with Gasteiger partial charge < -0.3 is 23.4 Å². The summed E-state index contributed by atoms with van der Waals surface area (Å²) in [6.45, 7) is -0.200. The van der Waals surface area contributed by atoms with Crippen molar-refractivity contribution in [3.8, 4) is 23.0 Å². The minimum atomic E-state index is -0.645. The molecule has 0 radical (unpaired) electrons. The second-order valence-electron chi connectivity index (χ2n) is 6.03. The molecule has 0 aliphatic rings. The third-order valence-electron chi connectivity index (χ3n) is 3.94. The molecule has 31 heavy (non-hydrogen) atoms. The quantitative estimate of drug-likeness (QED) is 0.243. The minimum Gasteiger partial charge on any atom is -0.497 e. The number of methoxy groups -OCH3 is 2. The summed E-state index contributed by atoms with van der Waals surface area (Å²) in [6, 6.07) is 14.7. The van der Waals surface area contributed by atoms with Gasteiger partial charge in [-0.25, -0.2) is 10.2 Å². The zero-order chi connectivity index (χ0) is 22.1. The highest BCUT2D eigenvalue weighted by molar-refractivity contribution is 5.89. The van der Waals surface area contributed by atoms with Crippen molar-refractivity contribution in [3.63, 3.8) is 0 Å². The standard InChI is InChI=1S/C22H20N2O7/c1-27-16-6-8-17(9-7-16)30-14-21(25)24-23-13-15-5-10-18(20(12-15)28-2)31-22(26)19-4-3-11-29-19/h3-13H,14H2,1-2H3,(H,24,25). The highest BCUT2D eigenvalue weighted by Gasteiger charge is 2.14. The van der Waals surface area contributed by atoms with Crippen LogP contribution in [0.5, 0.6) is 23.0 Å². The maximum atomic E-state index is 12.0. The Morgan fingerprint density at radius 1 is 1.00 bits per heavy atom. The van der Waals surface area contributed by atoms with Crippen LogP contribution in [0, 0.1) is 0 Å². The van der Waals surface area contributed by atoms with Crippen molar-refractivity contribution in [2.75, 3.05) is 20.8 Å². The normalized spacial score (nSPS) is 10.5. The van der Waals surface area contributed by atoms with Crippen molar-refractivity contribution in [1.82, 2.24) is 5.43 Å². The Morgan fingerprint density at radius 3 is 2.45 bits per heavy atom. The summed E-state index contributed by atoms with van der Waals surface area (Å²) >= 11 is 0. The molecule has 0 unspecified atom stereocenters. The van der Waals surface area contributed by atoms with Crippen molar-refractivity contribution >= 4 is 18.1 Å². The summed E-state index contributed by atoms with van der Waals surface area (Å²) in [6.07, 6.45) is 2.80. The number of nitrogens with zero attached hydrogens (tertiary/aromatic N) is 1. The van der Waals surface area contributed by atoms with Gasteiger partial charge in [-0.1, -0.05) is 0 Å². The Bertz CT molecular complexity index is 1040. The predicted octanol–water partition coefficient (Wildman–Crippen LogP) is 3.05. The lowest BCUT2D eigenvalue weighted by Crippen LogP contribution is -2.24. The van der Waals surface area contributed by atoms with E-state index >= 15 is 0 Å². The molecule has 1 amide bonds. The van der Waals surface area contributed by atoms with E-state index in [0.29, 0.717) is 22.8 Å². The van der Waals surface area contributed by atoms with Crippen LogP contribution < -0.4 is 24.4 Å². The number of hydrogen-bond acceptors (Lipinski definition) is 8. The lowest BCUT2D eigenvalue weighted by atomic mass is 10.2. The summed E-state index contributed by atoms with van der Waals surface area (Å²) in [7, 11) is 3.01. The topological polar surface area (TPSA) is 109 Å². The molecule has 1 aromatic heterocycles. The molecule has 9 nitrogen and oxygen atoms in total. The third-order valence-corrected chi connectivity index (χ3v) is 3.94. The SMILES string of the molecule is COc1ccc(OCC(=O)NN=Cc2ccc(OC(=O)c3ccco3)c(OC)c2)cc1. The third kappa shape index (κ3) is 6.10. The molecule has 0 spiro atoms. The number of benzene rings is 2. The molecule has 0 aliphatic carbocycles. The number of ether oxygens (including phenoxy) is 4. The number of amides is 1. The number of carbonyl (C=O) groups excluding carboxylic acids is 2. The number of esters is 1. The first-order chi connectivity index (χ1) is 15.1. The first-order valence-electron chi connectivity index (χ1n) is 9.11. The van der Waals surface area contributed by atoms with Gasteiger partial charge in [0.15, 0.2) is 18.1 Å². The first-order valence-corrected chi connectivity index (χ1v) is 9.11. The van der Waals surface area contributed by atoms with Crippen LogP contribution in [0.25, 0.3) is 0 Å². The van der Waals surface area contributed by atoms with E-state index in [1.165, 1.54) is 25.7 Å². The molecule has 0 bridgehead atoms. The van der Waals surface area contributed by atoms with Crippen LogP contribution in [0.4, 0.5) is 0 Å².